The minimum Gasteiger partial charge on any atom is -0.458 e. The third-order valence-electron chi connectivity index (χ3n) is 3.65. The highest BCUT2D eigenvalue weighted by atomic mass is 32.1. The molecule has 152 valence electrons. The number of nitrogens with one attached hydrogen (secondary N) is 1. The summed E-state index contributed by atoms with van der Waals surface area (Å²) < 4.78 is 24.3. The van der Waals surface area contributed by atoms with Crippen molar-refractivity contribution in [1.29, 1.82) is 0 Å². The molecule has 0 saturated heterocycles. The third kappa shape index (κ3) is 5.42. The molecule has 0 bridgehead atoms. The maximum atomic E-state index is 12.9. The lowest BCUT2D eigenvalue weighted by Crippen LogP contribution is -2.30. The summed E-state index contributed by atoms with van der Waals surface area (Å²) in [5.41, 5.74) is 0.0804. The molecule has 29 heavy (non-hydrogen) atoms. The first-order valence-electron chi connectivity index (χ1n) is 8.62. The van der Waals surface area contributed by atoms with Crippen molar-refractivity contribution in [1.82, 2.24) is 19.9 Å². The summed E-state index contributed by atoms with van der Waals surface area (Å²) in [7, 11) is 0. The Hall–Kier alpha value is -3.18. The number of ether oxygens (including phenoxy) is 2. The van der Waals surface area contributed by atoms with Crippen LogP contribution in [0.25, 0.3) is 4.96 Å². The standard InChI is InChI=1S/C18H17FN4O5S/c1-2-27-10-14-22-23-15(24)7-13(21-18(23)29-14)9-28-16(25)8-20-17(26)11-3-5-12(19)6-4-11/h3-7H,2,8-10H2,1H3,(H,20,26). The van der Waals surface area contributed by atoms with Crippen molar-refractivity contribution in [2.45, 2.75) is 20.1 Å². The molecule has 0 saturated carbocycles. The fourth-order valence-corrected chi connectivity index (χ4v) is 3.13. The molecule has 0 atom stereocenters. The lowest BCUT2D eigenvalue weighted by molar-refractivity contribution is -0.143. The number of hydrogen-bond donors (Lipinski definition) is 1. The zero-order chi connectivity index (χ0) is 20.8. The number of esters is 1. The van der Waals surface area contributed by atoms with E-state index < -0.39 is 23.3 Å². The lowest BCUT2D eigenvalue weighted by Gasteiger charge is -2.06. The number of nitrogens with zero attached hydrogens (tertiary/aromatic N) is 3. The van der Waals surface area contributed by atoms with E-state index in [2.05, 4.69) is 15.4 Å². The van der Waals surface area contributed by atoms with Gasteiger partial charge < -0.3 is 14.8 Å². The second kappa shape index (κ2) is 9.34. The molecule has 1 aromatic carbocycles. The van der Waals surface area contributed by atoms with Gasteiger partial charge in [-0.2, -0.15) is 9.61 Å². The van der Waals surface area contributed by atoms with Gasteiger partial charge in [-0.1, -0.05) is 11.3 Å². The zero-order valence-corrected chi connectivity index (χ0v) is 16.2. The predicted octanol–water partition coefficient (Wildman–Crippen LogP) is 1.30. The number of amides is 1. The molecule has 2 aromatic heterocycles. The normalized spacial score (nSPS) is 10.8. The van der Waals surface area contributed by atoms with Crippen molar-refractivity contribution in [2.75, 3.05) is 13.2 Å². The van der Waals surface area contributed by atoms with E-state index in [1.807, 2.05) is 6.92 Å². The van der Waals surface area contributed by atoms with E-state index in [1.165, 1.54) is 29.5 Å². The molecule has 0 radical (unpaired) electrons. The van der Waals surface area contributed by atoms with E-state index in [9.17, 15) is 18.8 Å². The summed E-state index contributed by atoms with van der Waals surface area (Å²) in [5, 5.41) is 7.11. The number of rotatable bonds is 8. The van der Waals surface area contributed by atoms with Crippen molar-refractivity contribution in [3.8, 4) is 0 Å². The fourth-order valence-electron chi connectivity index (χ4n) is 2.28. The first-order valence-corrected chi connectivity index (χ1v) is 9.43. The number of halogens is 1. The van der Waals surface area contributed by atoms with Crippen molar-refractivity contribution in [3.05, 3.63) is 62.8 Å². The van der Waals surface area contributed by atoms with Gasteiger partial charge in [-0.15, -0.1) is 0 Å². The summed E-state index contributed by atoms with van der Waals surface area (Å²) in [5.74, 6) is -1.71. The van der Waals surface area contributed by atoms with E-state index in [4.69, 9.17) is 9.47 Å². The van der Waals surface area contributed by atoms with Gasteiger partial charge in [-0.25, -0.2) is 9.37 Å². The van der Waals surface area contributed by atoms with Crippen LogP contribution in [0.2, 0.25) is 0 Å². The summed E-state index contributed by atoms with van der Waals surface area (Å²) >= 11 is 1.20. The van der Waals surface area contributed by atoms with E-state index in [0.29, 0.717) is 16.6 Å². The van der Waals surface area contributed by atoms with Crippen LogP contribution in [0.3, 0.4) is 0 Å². The van der Waals surface area contributed by atoms with Crippen molar-refractivity contribution in [3.63, 3.8) is 0 Å². The van der Waals surface area contributed by atoms with Gasteiger partial charge in [0.1, 0.15) is 30.6 Å². The van der Waals surface area contributed by atoms with Gasteiger partial charge in [0.05, 0.1) is 5.69 Å². The van der Waals surface area contributed by atoms with Crippen LogP contribution in [0.15, 0.2) is 35.1 Å². The Kier molecular flexibility index (Phi) is 6.62. The minimum atomic E-state index is -0.705. The monoisotopic (exact) mass is 420 g/mol. The van der Waals surface area contributed by atoms with E-state index in [-0.39, 0.29) is 31.0 Å². The Bertz CT molecular complexity index is 1080. The van der Waals surface area contributed by atoms with Gasteiger partial charge in [-0.3, -0.25) is 14.4 Å². The summed E-state index contributed by atoms with van der Waals surface area (Å²) in [6.07, 6.45) is 0. The van der Waals surface area contributed by atoms with Crippen LogP contribution in [0.4, 0.5) is 4.39 Å². The molecule has 0 unspecified atom stereocenters. The number of fused-ring (bicyclic) bond motifs is 1. The third-order valence-corrected chi connectivity index (χ3v) is 4.53. The van der Waals surface area contributed by atoms with Gasteiger partial charge in [0, 0.05) is 18.2 Å². The van der Waals surface area contributed by atoms with E-state index in [1.54, 1.807) is 0 Å². The predicted molar refractivity (Wildman–Crippen MR) is 101 cm³/mol. The van der Waals surface area contributed by atoms with Crippen LogP contribution in [0.1, 0.15) is 28.0 Å². The first-order chi connectivity index (χ1) is 14.0. The van der Waals surface area contributed by atoms with Gasteiger partial charge in [0.2, 0.25) is 4.96 Å². The maximum Gasteiger partial charge on any atom is 0.325 e. The van der Waals surface area contributed by atoms with Gasteiger partial charge in [0.15, 0.2) is 0 Å². The number of hydrogen-bond acceptors (Lipinski definition) is 8. The topological polar surface area (TPSA) is 112 Å². The molecule has 3 aromatic rings. The fraction of sp³-hybridized carbons (Fsp3) is 0.278. The average Bonchev–Trinajstić information content (AvgIpc) is 3.13. The molecule has 0 aliphatic rings. The van der Waals surface area contributed by atoms with E-state index in [0.717, 1.165) is 16.6 Å². The quantitative estimate of drug-likeness (QED) is 0.547. The Balaban J connectivity index is 1.55. The van der Waals surface area contributed by atoms with Crippen LogP contribution in [-0.4, -0.2) is 39.6 Å². The smallest absolute Gasteiger partial charge is 0.325 e. The zero-order valence-electron chi connectivity index (χ0n) is 15.4. The summed E-state index contributed by atoms with van der Waals surface area (Å²) in [6, 6.07) is 6.12. The Morgan fingerprint density at radius 3 is 2.72 bits per heavy atom. The number of aromatic nitrogens is 3. The van der Waals surface area contributed by atoms with Crippen LogP contribution >= 0.6 is 11.3 Å². The highest BCUT2D eigenvalue weighted by Gasteiger charge is 2.12. The first kappa shape index (κ1) is 20.6. The highest BCUT2D eigenvalue weighted by molar-refractivity contribution is 7.16. The second-order valence-corrected chi connectivity index (χ2v) is 6.80. The molecule has 3 rings (SSSR count). The van der Waals surface area contributed by atoms with E-state index >= 15 is 0 Å². The van der Waals surface area contributed by atoms with Crippen LogP contribution in [0.5, 0.6) is 0 Å². The van der Waals surface area contributed by atoms with Crippen molar-refractivity contribution >= 4 is 28.2 Å². The molecule has 2 heterocycles. The van der Waals surface area contributed by atoms with Crippen molar-refractivity contribution in [2.24, 2.45) is 0 Å². The number of benzene rings is 1. The molecular formula is C18H17FN4O5S. The minimum absolute atomic E-state index is 0.215. The number of carbonyl (C=O) groups is 2. The molecule has 0 aliphatic heterocycles. The molecule has 0 spiro atoms. The Labute approximate surface area is 168 Å². The number of carbonyl (C=O) groups excluding carboxylic acids is 2. The van der Waals surface area contributed by atoms with Gasteiger partial charge in [0.25, 0.3) is 11.5 Å². The molecule has 11 heteroatoms. The van der Waals surface area contributed by atoms with Crippen LogP contribution in [-0.2, 0) is 27.5 Å². The molecule has 9 nitrogen and oxygen atoms in total. The van der Waals surface area contributed by atoms with Gasteiger partial charge >= 0.3 is 5.97 Å². The second-order valence-electron chi connectivity index (χ2n) is 5.76. The molecule has 1 amide bonds. The lowest BCUT2D eigenvalue weighted by atomic mass is 10.2. The van der Waals surface area contributed by atoms with Crippen LogP contribution < -0.4 is 10.9 Å². The summed E-state index contributed by atoms with van der Waals surface area (Å²) in [6.45, 7) is 2.05. The SMILES string of the molecule is CCOCc1nn2c(=O)cc(COC(=O)CNC(=O)c3ccc(F)cc3)nc2s1. The summed E-state index contributed by atoms with van der Waals surface area (Å²) in [4.78, 5) is 40.5. The maximum absolute atomic E-state index is 12.9. The van der Waals surface area contributed by atoms with Crippen LogP contribution in [0, 0.1) is 5.82 Å². The molecule has 0 aliphatic carbocycles. The van der Waals surface area contributed by atoms with Crippen molar-refractivity contribution < 1.29 is 23.5 Å². The largest absolute Gasteiger partial charge is 0.458 e. The molecular weight excluding hydrogens is 403 g/mol. The van der Waals surface area contributed by atoms with Gasteiger partial charge in [-0.05, 0) is 31.2 Å². The highest BCUT2D eigenvalue weighted by Crippen LogP contribution is 2.12. The average molecular weight is 420 g/mol. The molecule has 1 N–H and O–H groups in total. The molecule has 0 fully saturated rings. The Morgan fingerprint density at radius 1 is 1.24 bits per heavy atom. The Morgan fingerprint density at radius 2 is 2.00 bits per heavy atom.